The monoisotopic (exact) mass is 317 g/mol. The van der Waals surface area contributed by atoms with Crippen LogP contribution >= 0.6 is 11.6 Å². The maximum absolute atomic E-state index is 12.6. The minimum Gasteiger partial charge on any atom is -0.504 e. The number of phenols is 2. The molecule has 0 bridgehead atoms. The van der Waals surface area contributed by atoms with Crippen LogP contribution in [-0.2, 0) is 12.7 Å². The van der Waals surface area contributed by atoms with Gasteiger partial charge in [0.25, 0.3) is 0 Å². The first-order valence-electron chi connectivity index (χ1n) is 5.89. The van der Waals surface area contributed by atoms with Crippen LogP contribution in [0.3, 0.4) is 0 Å². The summed E-state index contributed by atoms with van der Waals surface area (Å²) >= 11 is 5.84. The minimum atomic E-state index is -4.46. The Morgan fingerprint density at radius 3 is 2.48 bits per heavy atom. The van der Waals surface area contributed by atoms with Crippen LogP contribution in [0.25, 0.3) is 0 Å². The topological polar surface area (TPSA) is 52.5 Å². The molecule has 0 spiro atoms. The Hall–Kier alpha value is -2.08. The van der Waals surface area contributed by atoms with E-state index in [4.69, 9.17) is 11.6 Å². The predicted molar refractivity (Wildman–Crippen MR) is 73.6 cm³/mol. The molecule has 0 aliphatic carbocycles. The summed E-state index contributed by atoms with van der Waals surface area (Å²) < 4.78 is 37.9. The van der Waals surface area contributed by atoms with Crippen molar-refractivity contribution < 1.29 is 23.4 Å². The van der Waals surface area contributed by atoms with Crippen molar-refractivity contribution in [2.45, 2.75) is 12.7 Å². The average Bonchev–Trinajstić information content (AvgIpc) is 2.40. The quantitative estimate of drug-likeness (QED) is 0.736. The van der Waals surface area contributed by atoms with Crippen molar-refractivity contribution in [3.8, 4) is 11.5 Å². The number of benzene rings is 2. The molecule has 21 heavy (non-hydrogen) atoms. The van der Waals surface area contributed by atoms with Crippen LogP contribution in [0.4, 0.5) is 18.9 Å². The van der Waals surface area contributed by atoms with Gasteiger partial charge >= 0.3 is 6.18 Å². The van der Waals surface area contributed by atoms with Gasteiger partial charge in [0.05, 0.1) is 16.3 Å². The van der Waals surface area contributed by atoms with E-state index in [-0.39, 0.29) is 28.8 Å². The second-order valence-corrected chi connectivity index (χ2v) is 4.74. The summed E-state index contributed by atoms with van der Waals surface area (Å²) in [4.78, 5) is 0. The van der Waals surface area contributed by atoms with E-state index in [2.05, 4.69) is 5.32 Å². The Labute approximate surface area is 123 Å². The Morgan fingerprint density at radius 1 is 1.10 bits per heavy atom. The lowest BCUT2D eigenvalue weighted by Crippen LogP contribution is -2.07. The molecule has 0 aromatic heterocycles. The molecule has 0 aliphatic rings. The fourth-order valence-corrected chi connectivity index (χ4v) is 1.93. The third kappa shape index (κ3) is 3.52. The standard InChI is InChI=1S/C14H11ClF3NO2/c15-10-5-4-9(14(16,17)18)6-11(10)19-7-8-2-1-3-12(20)13(8)21/h1-6,19-21H,7H2. The number of phenolic OH excluding ortho intramolecular Hbond substituents is 2. The zero-order chi connectivity index (χ0) is 15.6. The summed E-state index contributed by atoms with van der Waals surface area (Å²) in [5.74, 6) is -0.627. The van der Waals surface area contributed by atoms with Gasteiger partial charge in [0.1, 0.15) is 0 Å². The van der Waals surface area contributed by atoms with Crippen molar-refractivity contribution in [1.82, 2.24) is 0 Å². The molecule has 0 radical (unpaired) electrons. The first kappa shape index (κ1) is 15.3. The maximum Gasteiger partial charge on any atom is 0.416 e. The largest absolute Gasteiger partial charge is 0.504 e. The third-order valence-corrected chi connectivity index (χ3v) is 3.19. The summed E-state index contributed by atoms with van der Waals surface area (Å²) in [7, 11) is 0. The molecule has 112 valence electrons. The normalized spacial score (nSPS) is 11.4. The van der Waals surface area contributed by atoms with Crippen molar-refractivity contribution in [1.29, 1.82) is 0 Å². The van der Waals surface area contributed by atoms with Gasteiger partial charge in [0, 0.05) is 12.1 Å². The Morgan fingerprint density at radius 2 is 1.81 bits per heavy atom. The van der Waals surface area contributed by atoms with Crippen LogP contribution in [0.15, 0.2) is 36.4 Å². The molecular weight excluding hydrogens is 307 g/mol. The van der Waals surface area contributed by atoms with Crippen molar-refractivity contribution in [2.75, 3.05) is 5.32 Å². The van der Waals surface area contributed by atoms with Crippen LogP contribution in [0.5, 0.6) is 11.5 Å². The number of nitrogens with one attached hydrogen (secondary N) is 1. The number of alkyl halides is 3. The maximum atomic E-state index is 12.6. The summed E-state index contributed by atoms with van der Waals surface area (Å²) in [6, 6.07) is 7.27. The van der Waals surface area contributed by atoms with E-state index in [9.17, 15) is 23.4 Å². The Kier molecular flexibility index (Phi) is 4.18. The average molecular weight is 318 g/mol. The molecule has 3 nitrogen and oxygen atoms in total. The predicted octanol–water partition coefficient (Wildman–Crippen LogP) is 4.38. The number of aromatic hydroxyl groups is 2. The fourth-order valence-electron chi connectivity index (χ4n) is 1.75. The second kappa shape index (κ2) is 5.73. The lowest BCUT2D eigenvalue weighted by Gasteiger charge is -2.13. The number of para-hydroxylation sites is 1. The van der Waals surface area contributed by atoms with Crippen molar-refractivity contribution >= 4 is 17.3 Å². The van der Waals surface area contributed by atoms with E-state index >= 15 is 0 Å². The summed E-state index contributed by atoms with van der Waals surface area (Å²) in [5, 5.41) is 21.8. The lowest BCUT2D eigenvalue weighted by atomic mass is 10.1. The molecule has 0 heterocycles. The van der Waals surface area contributed by atoms with E-state index in [0.717, 1.165) is 18.2 Å². The molecule has 0 unspecified atom stereocenters. The molecule has 2 rings (SSSR count). The van der Waals surface area contributed by atoms with Gasteiger partial charge < -0.3 is 15.5 Å². The minimum absolute atomic E-state index is 0.0151. The molecule has 0 saturated heterocycles. The number of hydrogen-bond donors (Lipinski definition) is 3. The SMILES string of the molecule is Oc1cccc(CNc2cc(C(F)(F)F)ccc2Cl)c1O. The highest BCUT2D eigenvalue weighted by molar-refractivity contribution is 6.33. The van der Waals surface area contributed by atoms with Crippen molar-refractivity contribution in [2.24, 2.45) is 0 Å². The van der Waals surface area contributed by atoms with Crippen LogP contribution in [0.2, 0.25) is 5.02 Å². The van der Waals surface area contributed by atoms with E-state index in [1.807, 2.05) is 0 Å². The summed E-state index contributed by atoms with van der Waals surface area (Å²) in [6.45, 7) is 0.0151. The fraction of sp³-hybridized carbons (Fsp3) is 0.143. The highest BCUT2D eigenvalue weighted by Gasteiger charge is 2.30. The van der Waals surface area contributed by atoms with Gasteiger partial charge in [-0.2, -0.15) is 13.2 Å². The van der Waals surface area contributed by atoms with Gasteiger partial charge in [0.2, 0.25) is 0 Å². The second-order valence-electron chi connectivity index (χ2n) is 4.33. The molecule has 0 atom stereocenters. The van der Waals surface area contributed by atoms with E-state index in [0.29, 0.717) is 5.56 Å². The lowest BCUT2D eigenvalue weighted by molar-refractivity contribution is -0.137. The summed E-state index contributed by atoms with van der Waals surface area (Å²) in [5.41, 5.74) is -0.396. The van der Waals surface area contributed by atoms with Gasteiger partial charge in [0.15, 0.2) is 11.5 Å². The van der Waals surface area contributed by atoms with Gasteiger partial charge in [-0.15, -0.1) is 0 Å². The van der Waals surface area contributed by atoms with Crippen molar-refractivity contribution in [3.63, 3.8) is 0 Å². The zero-order valence-corrected chi connectivity index (χ0v) is 11.3. The van der Waals surface area contributed by atoms with Gasteiger partial charge in [-0.3, -0.25) is 0 Å². The van der Waals surface area contributed by atoms with Crippen LogP contribution in [-0.4, -0.2) is 10.2 Å². The molecule has 0 saturated carbocycles. The molecule has 0 aliphatic heterocycles. The molecule has 0 amide bonds. The van der Waals surface area contributed by atoms with Crippen molar-refractivity contribution in [3.05, 3.63) is 52.5 Å². The number of hydrogen-bond acceptors (Lipinski definition) is 3. The van der Waals surface area contributed by atoms with E-state index in [1.165, 1.54) is 18.2 Å². The van der Waals surface area contributed by atoms with Gasteiger partial charge in [-0.1, -0.05) is 23.7 Å². The third-order valence-electron chi connectivity index (χ3n) is 2.86. The first-order chi connectivity index (χ1) is 9.79. The smallest absolute Gasteiger partial charge is 0.416 e. The van der Waals surface area contributed by atoms with Crippen LogP contribution in [0.1, 0.15) is 11.1 Å². The first-order valence-corrected chi connectivity index (χ1v) is 6.27. The highest BCUT2D eigenvalue weighted by Crippen LogP contribution is 2.34. The molecule has 3 N–H and O–H groups in total. The van der Waals surface area contributed by atoms with E-state index in [1.54, 1.807) is 0 Å². The van der Waals surface area contributed by atoms with Gasteiger partial charge in [-0.25, -0.2) is 0 Å². The molecule has 0 fully saturated rings. The number of rotatable bonds is 3. The molecular formula is C14H11ClF3NO2. The highest BCUT2D eigenvalue weighted by atomic mass is 35.5. The summed E-state index contributed by atoms with van der Waals surface area (Å²) in [6.07, 6.45) is -4.46. The van der Waals surface area contributed by atoms with Gasteiger partial charge in [-0.05, 0) is 24.3 Å². The molecule has 7 heteroatoms. The number of halogens is 4. The van der Waals surface area contributed by atoms with Crippen LogP contribution < -0.4 is 5.32 Å². The van der Waals surface area contributed by atoms with Crippen LogP contribution in [0, 0.1) is 0 Å². The Bertz CT molecular complexity index is 659. The van der Waals surface area contributed by atoms with E-state index < -0.39 is 11.7 Å². The zero-order valence-electron chi connectivity index (χ0n) is 10.6. The molecule has 2 aromatic carbocycles. The molecule has 2 aromatic rings. The Balaban J connectivity index is 2.22. The number of anilines is 1.